The number of hydrogen-bond acceptors (Lipinski definition) is 7. The van der Waals surface area contributed by atoms with Gasteiger partial charge in [0.1, 0.15) is 18.1 Å². The van der Waals surface area contributed by atoms with Crippen LogP contribution in [0.15, 0.2) is 48.5 Å². The van der Waals surface area contributed by atoms with Gasteiger partial charge in [0, 0.05) is 120 Å². The van der Waals surface area contributed by atoms with Crippen LogP contribution in [0.1, 0.15) is 97.6 Å². The average molecular weight is 1160 g/mol. The molecule has 2 amide bonds. The number of carbonyl (C=O) groups is 4. The number of quaternary nitrogens is 1. The second-order valence-electron chi connectivity index (χ2n) is 16.3. The summed E-state index contributed by atoms with van der Waals surface area (Å²) in [5.41, 5.74) is 16.6. The predicted molar refractivity (Wildman–Crippen MR) is 281 cm³/mol. The minimum absolute atomic E-state index is 0. The summed E-state index contributed by atoms with van der Waals surface area (Å²) in [5, 5.41) is 1.31. The Morgan fingerprint density at radius 1 is 0.750 bits per heavy atom. The minimum Gasteiger partial charge on any atom is -1.00 e. The Morgan fingerprint density at radius 3 is 1.55 bits per heavy atom. The summed E-state index contributed by atoms with van der Waals surface area (Å²) >= 11 is 17.1. The Labute approximate surface area is 438 Å². The molecule has 8 nitrogen and oxygen atoms in total. The quantitative estimate of drug-likeness (QED) is 0.0824. The standard InChI is InChI=1S/C22H27ClN2O2S.C21H25ClN2O2S.CH3I.CH4.B3.B2.HI/c1-14(2)12-25(3)9-8-18-20(13-25)28-19(21(18)22(24)27)11-17(26)10-15-4-6-16(23)7-5-15;1-13(2)11-24-8-7-17-19(12-24)27-18(20(17)21(23)26)10-16(25)9-14-3-5-15(22)6-4-14;1-2;;1-3-2;1-2;/h4-7,14H,8-13H2,1-3H3,(H-,24,27);3-6,13H,7-12H2,1-2H3,(H2,23,26);1H3;1H4;;;1H. The molecular weight excluding hydrogens is 1100 g/mol. The topological polar surface area (TPSA) is 124 Å². The van der Waals surface area contributed by atoms with Crippen molar-refractivity contribution >= 4 is 130 Å². The van der Waals surface area contributed by atoms with Crippen LogP contribution in [0.4, 0.5) is 0 Å². The monoisotopic (exact) mass is 1160 g/mol. The molecule has 0 spiro atoms. The summed E-state index contributed by atoms with van der Waals surface area (Å²) in [6.07, 6.45) is 2.84. The third-order valence-corrected chi connectivity index (χ3v) is 13.0. The number of alkyl halides is 1. The first-order chi connectivity index (χ1) is 29.4. The van der Waals surface area contributed by atoms with Crippen LogP contribution < -0.4 is 35.4 Å². The lowest BCUT2D eigenvalue weighted by atomic mass is 9.40. The summed E-state index contributed by atoms with van der Waals surface area (Å²) in [7, 11) is 20.3. The fourth-order valence-corrected chi connectivity index (χ4v) is 11.2. The highest BCUT2D eigenvalue weighted by molar-refractivity contribution is 14.1. The molecule has 4 N–H and O–H groups in total. The number of halogens is 4. The Balaban J connectivity index is 0.00000106. The zero-order valence-corrected chi connectivity index (χ0v) is 44.6. The number of carbonyl (C=O) groups excluding carboxylic acids is 4. The largest absolute Gasteiger partial charge is 1.00 e. The number of amides is 2. The van der Waals surface area contributed by atoms with Crippen LogP contribution in [0.2, 0.25) is 10.0 Å². The van der Waals surface area contributed by atoms with E-state index >= 15 is 0 Å². The Hall–Kier alpha value is -1.60. The molecule has 1 unspecified atom stereocenters. The lowest BCUT2D eigenvalue weighted by Gasteiger charge is -2.39. The molecule has 1 atom stereocenters. The molecule has 339 valence electrons. The van der Waals surface area contributed by atoms with Crippen molar-refractivity contribution in [2.75, 3.05) is 38.2 Å². The maximum atomic E-state index is 12.6. The van der Waals surface area contributed by atoms with Crippen molar-refractivity contribution in [1.29, 1.82) is 0 Å². The van der Waals surface area contributed by atoms with Gasteiger partial charge in [-0.15, -0.1) is 22.7 Å². The second kappa shape index (κ2) is 31.4. The Morgan fingerprint density at radius 2 is 1.16 bits per heavy atom. The molecule has 2 aliphatic rings. The molecule has 0 fully saturated rings. The number of rotatable bonds is 14. The van der Waals surface area contributed by atoms with Crippen molar-refractivity contribution in [2.24, 2.45) is 23.3 Å². The Kier molecular flexibility index (Phi) is 30.7. The number of primary amides is 2. The van der Waals surface area contributed by atoms with E-state index in [1.165, 1.54) is 9.75 Å². The van der Waals surface area contributed by atoms with Crippen LogP contribution in [0.25, 0.3) is 0 Å². The van der Waals surface area contributed by atoms with Crippen LogP contribution in [0.3, 0.4) is 0 Å². The van der Waals surface area contributed by atoms with E-state index in [1.54, 1.807) is 46.9 Å². The molecule has 2 aromatic carbocycles. The van der Waals surface area contributed by atoms with Crippen molar-refractivity contribution < 1.29 is 47.6 Å². The van der Waals surface area contributed by atoms with E-state index in [0.29, 0.717) is 45.8 Å². The van der Waals surface area contributed by atoms with E-state index in [9.17, 15) is 19.2 Å². The van der Waals surface area contributed by atoms with Gasteiger partial charge < -0.3 is 39.9 Å². The molecule has 0 bridgehead atoms. The number of nitrogens with zero attached hydrogens (tertiary/aromatic N) is 2. The molecule has 2 aromatic heterocycles. The highest BCUT2D eigenvalue weighted by Crippen LogP contribution is 2.37. The highest BCUT2D eigenvalue weighted by Gasteiger charge is 2.35. The molecule has 4 heterocycles. The van der Waals surface area contributed by atoms with E-state index in [-0.39, 0.29) is 55.8 Å². The molecule has 0 aliphatic carbocycles. The average Bonchev–Trinajstić information content (AvgIpc) is 3.74. The number of Topliss-reactive ketones (excluding diaryl/α,β-unsaturated/α-hetero) is 2. The van der Waals surface area contributed by atoms with Crippen molar-refractivity contribution in [3.8, 4) is 0 Å². The first-order valence-corrected chi connectivity index (χ1v) is 24.9. The fourth-order valence-electron chi connectivity index (χ4n) is 7.96. The van der Waals surface area contributed by atoms with Gasteiger partial charge in [0.25, 0.3) is 0 Å². The van der Waals surface area contributed by atoms with Gasteiger partial charge in [-0.25, -0.2) is 0 Å². The van der Waals surface area contributed by atoms with Crippen molar-refractivity contribution in [2.45, 2.75) is 86.7 Å². The molecule has 64 heavy (non-hydrogen) atoms. The maximum absolute atomic E-state index is 12.6. The zero-order chi connectivity index (χ0) is 46.7. The van der Waals surface area contributed by atoms with Crippen LogP contribution in [0.5, 0.6) is 0 Å². The third kappa shape index (κ3) is 19.9. The molecule has 19 heteroatoms. The molecule has 9 radical (unpaired) electrons. The lowest BCUT2D eigenvalue weighted by Crippen LogP contribution is -3.00. The molecule has 0 saturated carbocycles. The SMILES string of the molecule is C.CC(C)CN1CCc2c(sc(CC(=O)Cc3ccc(Cl)cc3)c2C(N)=O)C1.CC(C)C[N+]1(C)CCc2c(sc(CC(=O)Cc3ccc(Cl)cc3)c2C(N)=O)C1.CI.[B][B].[B][B][B].[I-]. The van der Waals surface area contributed by atoms with Gasteiger partial charge in [0.2, 0.25) is 11.8 Å². The van der Waals surface area contributed by atoms with Crippen LogP contribution >= 0.6 is 68.5 Å². The van der Waals surface area contributed by atoms with E-state index in [2.05, 4.69) is 93.2 Å². The normalized spacial score (nSPS) is 14.7. The van der Waals surface area contributed by atoms with Crippen molar-refractivity contribution in [3.05, 3.63) is 111 Å². The molecule has 4 aromatic rings. The van der Waals surface area contributed by atoms with Crippen molar-refractivity contribution in [3.63, 3.8) is 0 Å². The second-order valence-corrected chi connectivity index (χ2v) is 19.5. The van der Waals surface area contributed by atoms with E-state index < -0.39 is 11.8 Å². The van der Waals surface area contributed by atoms with Gasteiger partial charge in [-0.2, -0.15) is 0 Å². The first-order valence-electron chi connectivity index (χ1n) is 20.3. The van der Waals surface area contributed by atoms with Crippen LogP contribution in [-0.2, 0) is 61.2 Å². The van der Waals surface area contributed by atoms with Gasteiger partial charge in [0.05, 0.1) is 36.1 Å². The van der Waals surface area contributed by atoms with Crippen molar-refractivity contribution in [1.82, 2.24) is 4.90 Å². The summed E-state index contributed by atoms with van der Waals surface area (Å²) < 4.78 is 0.974. The highest BCUT2D eigenvalue weighted by atomic mass is 127. The number of benzene rings is 2. The molecular formula is C45H60B5Cl2I2N4O4S2. The number of likely N-dealkylation sites (N-methyl/N-ethyl adjacent to an activating group) is 1. The maximum Gasteiger partial charge on any atom is 0.250 e. The predicted octanol–water partition coefficient (Wildman–Crippen LogP) is 4.67. The van der Waals surface area contributed by atoms with Crippen LogP contribution in [-0.4, -0.2) is 109 Å². The first kappa shape index (κ1) is 62.4. The van der Waals surface area contributed by atoms with E-state index in [4.69, 9.17) is 34.7 Å². The number of ketones is 2. The fraction of sp³-hybridized carbons (Fsp3) is 0.467. The molecule has 0 saturated heterocycles. The zero-order valence-electron chi connectivity index (χ0n) is 37.2. The molecule has 6 rings (SSSR count). The Bertz CT molecular complexity index is 2080. The minimum atomic E-state index is -0.417. The third-order valence-electron chi connectivity index (χ3n) is 10.1. The van der Waals surface area contributed by atoms with Gasteiger partial charge >= 0.3 is 0 Å². The molecule has 2 aliphatic heterocycles. The van der Waals surface area contributed by atoms with Gasteiger partial charge in [-0.05, 0) is 63.8 Å². The lowest BCUT2D eigenvalue weighted by molar-refractivity contribution is -0.926. The van der Waals surface area contributed by atoms with Crippen LogP contribution in [0, 0.1) is 11.8 Å². The smallest absolute Gasteiger partial charge is 0.250 e. The summed E-state index contributed by atoms with van der Waals surface area (Å²) in [5.74, 6) is 0.552. The number of hydrogen-bond donors (Lipinski definition) is 2. The number of nitrogens with two attached hydrogens (primary N) is 2. The summed E-state index contributed by atoms with van der Waals surface area (Å²) in [6.45, 7) is 14.7. The summed E-state index contributed by atoms with van der Waals surface area (Å²) in [6, 6.07) is 14.6. The number of thiophene rings is 2. The van der Waals surface area contributed by atoms with E-state index in [1.807, 2.05) is 29.2 Å². The van der Waals surface area contributed by atoms with Gasteiger partial charge in [-0.1, -0.05) is 105 Å². The number of fused-ring (bicyclic) bond motifs is 2. The van der Waals surface area contributed by atoms with Gasteiger partial charge in [-0.3, -0.25) is 24.1 Å². The van der Waals surface area contributed by atoms with E-state index in [0.717, 1.165) is 95.7 Å². The van der Waals surface area contributed by atoms with Gasteiger partial charge in [0.15, 0.2) is 0 Å². The summed E-state index contributed by atoms with van der Waals surface area (Å²) in [4.78, 5) is 57.9.